The van der Waals surface area contributed by atoms with Crippen LogP contribution in [0, 0.1) is 26.2 Å². The molecular formula is C13H11BrN2. The van der Waals surface area contributed by atoms with Gasteiger partial charge in [-0.15, -0.1) is 6.42 Å². The lowest BCUT2D eigenvalue weighted by atomic mass is 10.2. The normalized spacial score (nSPS) is 10.1. The van der Waals surface area contributed by atoms with E-state index in [0.717, 1.165) is 27.2 Å². The van der Waals surface area contributed by atoms with Gasteiger partial charge < -0.3 is 4.57 Å². The first kappa shape index (κ1) is 11.0. The van der Waals surface area contributed by atoms with E-state index in [1.807, 2.05) is 42.8 Å². The molecule has 80 valence electrons. The minimum atomic E-state index is 0.856. The Bertz CT molecular complexity index is 576. The molecule has 0 aliphatic rings. The van der Waals surface area contributed by atoms with E-state index in [0.29, 0.717) is 0 Å². The van der Waals surface area contributed by atoms with Crippen LogP contribution in [0.4, 0.5) is 0 Å². The predicted molar refractivity (Wildman–Crippen MR) is 68.7 cm³/mol. The van der Waals surface area contributed by atoms with Gasteiger partial charge in [0.1, 0.15) is 5.82 Å². The van der Waals surface area contributed by atoms with Crippen molar-refractivity contribution in [2.75, 3.05) is 0 Å². The number of aromatic nitrogens is 2. The number of nitrogens with zero attached hydrogens (tertiary/aromatic N) is 2. The Morgan fingerprint density at radius 1 is 1.38 bits per heavy atom. The molecule has 3 heteroatoms. The van der Waals surface area contributed by atoms with E-state index < -0.39 is 0 Å². The molecule has 0 saturated carbocycles. The average Bonchev–Trinajstić information content (AvgIpc) is 2.57. The molecule has 0 amide bonds. The molecule has 2 aromatic rings. The van der Waals surface area contributed by atoms with Crippen LogP contribution in [0.1, 0.15) is 17.1 Å². The fraction of sp³-hybridized carbons (Fsp3) is 0.154. The van der Waals surface area contributed by atoms with Crippen LogP contribution < -0.4 is 0 Å². The molecule has 0 aliphatic carbocycles. The quantitative estimate of drug-likeness (QED) is 0.730. The first-order valence-corrected chi connectivity index (χ1v) is 5.70. The van der Waals surface area contributed by atoms with Gasteiger partial charge in [0.15, 0.2) is 0 Å². The highest BCUT2D eigenvalue weighted by molar-refractivity contribution is 9.10. The molecule has 0 radical (unpaired) electrons. The zero-order valence-corrected chi connectivity index (χ0v) is 10.7. The van der Waals surface area contributed by atoms with E-state index in [-0.39, 0.29) is 0 Å². The lowest BCUT2D eigenvalue weighted by Gasteiger charge is -2.08. The SMILES string of the molecule is C#Cc1cc(Br)ccc1-n1cc(C)nc1C. The lowest BCUT2D eigenvalue weighted by molar-refractivity contribution is 0.970. The van der Waals surface area contributed by atoms with Gasteiger partial charge in [0.05, 0.1) is 11.4 Å². The van der Waals surface area contributed by atoms with E-state index in [2.05, 4.69) is 26.8 Å². The van der Waals surface area contributed by atoms with Gasteiger partial charge in [0.25, 0.3) is 0 Å². The number of aryl methyl sites for hydroxylation is 2. The van der Waals surface area contributed by atoms with Gasteiger partial charge in [-0.05, 0) is 32.0 Å². The Morgan fingerprint density at radius 2 is 2.12 bits per heavy atom. The molecule has 0 spiro atoms. The summed E-state index contributed by atoms with van der Waals surface area (Å²) in [5.41, 5.74) is 2.84. The number of halogens is 1. The number of rotatable bonds is 1. The standard InChI is InChI=1S/C13H11BrN2/c1-4-11-7-12(14)5-6-13(11)16-8-9(2)15-10(16)3/h1,5-8H,2-3H3. The van der Waals surface area contributed by atoms with E-state index in [1.165, 1.54) is 0 Å². The Morgan fingerprint density at radius 3 is 2.69 bits per heavy atom. The third kappa shape index (κ3) is 1.89. The molecule has 2 rings (SSSR count). The molecular weight excluding hydrogens is 264 g/mol. The Kier molecular flexibility index (Phi) is 2.84. The smallest absolute Gasteiger partial charge is 0.110 e. The summed E-state index contributed by atoms with van der Waals surface area (Å²) >= 11 is 3.41. The maximum Gasteiger partial charge on any atom is 0.110 e. The van der Waals surface area contributed by atoms with Gasteiger partial charge in [0.2, 0.25) is 0 Å². The zero-order valence-electron chi connectivity index (χ0n) is 9.16. The van der Waals surface area contributed by atoms with Crippen LogP contribution in [0.15, 0.2) is 28.9 Å². The zero-order chi connectivity index (χ0) is 11.7. The molecule has 2 nitrogen and oxygen atoms in total. The summed E-state index contributed by atoms with van der Waals surface area (Å²) in [6.07, 6.45) is 7.49. The third-order valence-corrected chi connectivity index (χ3v) is 2.87. The summed E-state index contributed by atoms with van der Waals surface area (Å²) in [6.45, 7) is 3.94. The van der Waals surface area contributed by atoms with Crippen LogP contribution in [0.25, 0.3) is 5.69 Å². The van der Waals surface area contributed by atoms with Crippen molar-refractivity contribution in [2.24, 2.45) is 0 Å². The molecule has 0 bridgehead atoms. The number of hydrogen-bond acceptors (Lipinski definition) is 1. The average molecular weight is 275 g/mol. The van der Waals surface area contributed by atoms with Crippen molar-refractivity contribution in [2.45, 2.75) is 13.8 Å². The first-order valence-electron chi connectivity index (χ1n) is 4.91. The van der Waals surface area contributed by atoms with Crippen LogP contribution in [0.2, 0.25) is 0 Å². The summed E-state index contributed by atoms with van der Waals surface area (Å²) in [4.78, 5) is 4.37. The second kappa shape index (κ2) is 4.15. The number of benzene rings is 1. The van der Waals surface area contributed by atoms with Gasteiger partial charge in [-0.25, -0.2) is 4.98 Å². The van der Waals surface area contributed by atoms with Crippen LogP contribution >= 0.6 is 15.9 Å². The largest absolute Gasteiger partial charge is 0.302 e. The van der Waals surface area contributed by atoms with E-state index in [1.54, 1.807) is 0 Å². The van der Waals surface area contributed by atoms with Crippen molar-refractivity contribution >= 4 is 15.9 Å². The minimum absolute atomic E-state index is 0.856. The monoisotopic (exact) mass is 274 g/mol. The summed E-state index contributed by atoms with van der Waals surface area (Å²) in [5, 5.41) is 0. The highest BCUT2D eigenvalue weighted by Crippen LogP contribution is 2.21. The predicted octanol–water partition coefficient (Wildman–Crippen LogP) is 3.23. The van der Waals surface area contributed by atoms with Gasteiger partial charge in [0, 0.05) is 16.2 Å². The molecule has 0 saturated heterocycles. The van der Waals surface area contributed by atoms with Crippen LogP contribution in [0.5, 0.6) is 0 Å². The molecule has 0 fully saturated rings. The van der Waals surface area contributed by atoms with Crippen molar-refractivity contribution in [3.05, 3.63) is 46.0 Å². The Hall–Kier alpha value is -1.53. The Balaban J connectivity index is 2.65. The fourth-order valence-electron chi connectivity index (χ4n) is 1.70. The van der Waals surface area contributed by atoms with Crippen LogP contribution in [0.3, 0.4) is 0 Å². The lowest BCUT2D eigenvalue weighted by Crippen LogP contribution is -1.98. The van der Waals surface area contributed by atoms with Crippen molar-refractivity contribution in [3.8, 4) is 18.0 Å². The van der Waals surface area contributed by atoms with Gasteiger partial charge in [-0.3, -0.25) is 0 Å². The van der Waals surface area contributed by atoms with E-state index >= 15 is 0 Å². The van der Waals surface area contributed by atoms with Gasteiger partial charge in [-0.1, -0.05) is 21.9 Å². The highest BCUT2D eigenvalue weighted by Gasteiger charge is 2.07. The third-order valence-electron chi connectivity index (χ3n) is 2.38. The van der Waals surface area contributed by atoms with Crippen molar-refractivity contribution in [1.82, 2.24) is 9.55 Å². The molecule has 1 aromatic carbocycles. The van der Waals surface area contributed by atoms with Crippen LogP contribution in [-0.2, 0) is 0 Å². The number of terminal acetylenes is 1. The van der Waals surface area contributed by atoms with Crippen LogP contribution in [-0.4, -0.2) is 9.55 Å². The second-order valence-corrected chi connectivity index (χ2v) is 4.52. The molecule has 1 aromatic heterocycles. The summed E-state index contributed by atoms with van der Waals surface area (Å²) in [5.74, 6) is 3.63. The maximum atomic E-state index is 5.51. The topological polar surface area (TPSA) is 17.8 Å². The number of imidazole rings is 1. The number of hydrogen-bond donors (Lipinski definition) is 0. The van der Waals surface area contributed by atoms with Crippen molar-refractivity contribution < 1.29 is 0 Å². The first-order chi connectivity index (χ1) is 7.61. The van der Waals surface area contributed by atoms with Gasteiger partial charge >= 0.3 is 0 Å². The van der Waals surface area contributed by atoms with E-state index in [9.17, 15) is 0 Å². The van der Waals surface area contributed by atoms with E-state index in [4.69, 9.17) is 6.42 Å². The molecule has 0 unspecified atom stereocenters. The molecule has 0 aliphatic heterocycles. The van der Waals surface area contributed by atoms with Crippen molar-refractivity contribution in [3.63, 3.8) is 0 Å². The molecule has 0 N–H and O–H groups in total. The Labute approximate surface area is 103 Å². The summed E-state index contributed by atoms with van der Waals surface area (Å²) in [6, 6.07) is 5.91. The minimum Gasteiger partial charge on any atom is -0.302 e. The highest BCUT2D eigenvalue weighted by atomic mass is 79.9. The van der Waals surface area contributed by atoms with Crippen molar-refractivity contribution in [1.29, 1.82) is 0 Å². The molecule has 16 heavy (non-hydrogen) atoms. The maximum absolute atomic E-state index is 5.51. The summed E-state index contributed by atoms with van der Waals surface area (Å²) in [7, 11) is 0. The fourth-order valence-corrected chi connectivity index (χ4v) is 2.06. The molecule has 1 heterocycles. The second-order valence-electron chi connectivity index (χ2n) is 3.61. The summed E-state index contributed by atoms with van der Waals surface area (Å²) < 4.78 is 3.00. The van der Waals surface area contributed by atoms with Gasteiger partial charge in [-0.2, -0.15) is 0 Å². The molecule has 0 atom stereocenters.